The first kappa shape index (κ1) is 28.8. The van der Waals surface area contributed by atoms with Crippen LogP contribution in [-0.4, -0.2) is 18.9 Å². The summed E-state index contributed by atoms with van der Waals surface area (Å²) in [4.78, 5) is 10.8. The molecule has 0 unspecified atom stereocenters. The van der Waals surface area contributed by atoms with Crippen LogP contribution in [0, 0.1) is 0 Å². The van der Waals surface area contributed by atoms with E-state index in [1.807, 2.05) is 0 Å². The Balaban J connectivity index is 1.20. The van der Waals surface area contributed by atoms with Gasteiger partial charge in [0.05, 0.1) is 38.8 Å². The second kappa shape index (κ2) is 11.2. The van der Waals surface area contributed by atoms with Gasteiger partial charge in [0.1, 0.15) is 0 Å². The maximum atomic E-state index is 5.50. The molecule has 0 aliphatic carbocycles. The smallest absolute Gasteiger partial charge is 0.163 e. The third-order valence-corrected chi connectivity index (χ3v) is 10.5. The molecule has 0 radical (unpaired) electrons. The Bertz CT molecular complexity index is 3160. The molecular weight excluding hydrogens is 633 g/mol. The van der Waals surface area contributed by atoms with Crippen LogP contribution in [0.4, 0.5) is 0 Å². The Kier molecular flexibility index (Phi) is 6.22. The molecule has 4 nitrogen and oxygen atoms in total. The second-order valence-electron chi connectivity index (χ2n) is 13.4. The zero-order valence-corrected chi connectivity index (χ0v) is 28.1. The van der Waals surface area contributed by atoms with Gasteiger partial charge in [-0.05, 0) is 58.3 Å². The van der Waals surface area contributed by atoms with Crippen LogP contribution in [0.15, 0.2) is 182 Å². The predicted octanol–water partition coefficient (Wildman–Crippen LogP) is 12.3. The molecule has 0 amide bonds. The van der Waals surface area contributed by atoms with Crippen LogP contribution in [-0.2, 0) is 0 Å². The number of rotatable bonds is 4. The zero-order chi connectivity index (χ0) is 34.2. The SMILES string of the molecule is c1ccc(-n2c3ccccc3c3ccn4c5ccccc5c(-c5nc(-c6ccc(-c7cccc8ccccc78)cc6)c6ccccc6n5)c4c32)cc1. The molecule has 7 aromatic carbocycles. The van der Waals surface area contributed by atoms with E-state index in [0.29, 0.717) is 5.82 Å². The highest BCUT2D eigenvalue weighted by Crippen LogP contribution is 2.43. The first-order valence-corrected chi connectivity index (χ1v) is 17.7. The fourth-order valence-corrected chi connectivity index (χ4v) is 8.23. The van der Waals surface area contributed by atoms with Gasteiger partial charge >= 0.3 is 0 Å². The molecule has 242 valence electrons. The molecule has 0 N–H and O–H groups in total. The standard InChI is InChI=1S/C48H30N4/c1-2-15-34(16-3-1)52-43-24-11-7-18-37(43)38-29-30-51-42-23-10-8-20-40(42)44(47(51)46(38)52)48-49-41-22-9-6-19-39(41)45(50-48)33-27-25-32(26-28-33)36-21-12-14-31-13-4-5-17-35(31)36/h1-30H. The number of hydrogen-bond acceptors (Lipinski definition) is 2. The normalized spacial score (nSPS) is 11.8. The lowest BCUT2D eigenvalue weighted by atomic mass is 9.96. The Morgan fingerprint density at radius 1 is 0.404 bits per heavy atom. The number of nitrogens with zero attached hydrogens (tertiary/aromatic N) is 4. The number of para-hydroxylation sites is 4. The summed E-state index contributed by atoms with van der Waals surface area (Å²) >= 11 is 0. The largest absolute Gasteiger partial charge is 0.314 e. The third kappa shape index (κ3) is 4.21. The van der Waals surface area contributed by atoms with Gasteiger partial charge in [0.25, 0.3) is 0 Å². The number of pyridine rings is 1. The van der Waals surface area contributed by atoms with Crippen molar-refractivity contribution in [3.8, 4) is 39.5 Å². The van der Waals surface area contributed by atoms with Crippen molar-refractivity contribution in [1.82, 2.24) is 18.9 Å². The molecule has 0 saturated heterocycles. The molecule has 4 heterocycles. The van der Waals surface area contributed by atoms with E-state index in [1.54, 1.807) is 0 Å². The molecule has 4 aromatic heterocycles. The Labute approximate surface area is 299 Å². The van der Waals surface area contributed by atoms with Gasteiger partial charge in [0.2, 0.25) is 0 Å². The van der Waals surface area contributed by atoms with Gasteiger partial charge in [-0.3, -0.25) is 0 Å². The van der Waals surface area contributed by atoms with Crippen molar-refractivity contribution >= 4 is 59.9 Å². The van der Waals surface area contributed by atoms with Gasteiger partial charge in [-0.2, -0.15) is 0 Å². The highest BCUT2D eigenvalue weighted by Gasteiger charge is 2.24. The van der Waals surface area contributed by atoms with Crippen LogP contribution in [0.2, 0.25) is 0 Å². The van der Waals surface area contributed by atoms with Crippen molar-refractivity contribution in [3.05, 3.63) is 182 Å². The Morgan fingerprint density at radius 2 is 1.06 bits per heavy atom. The number of fused-ring (bicyclic) bond motifs is 9. The lowest BCUT2D eigenvalue weighted by Gasteiger charge is -2.12. The van der Waals surface area contributed by atoms with E-state index in [0.717, 1.165) is 55.3 Å². The van der Waals surface area contributed by atoms with E-state index in [4.69, 9.17) is 9.97 Å². The summed E-state index contributed by atoms with van der Waals surface area (Å²) in [6.45, 7) is 0. The Hall–Kier alpha value is -7.04. The highest BCUT2D eigenvalue weighted by molar-refractivity contribution is 6.20. The number of benzene rings is 7. The average molecular weight is 663 g/mol. The van der Waals surface area contributed by atoms with E-state index in [2.05, 4.69) is 191 Å². The zero-order valence-electron chi connectivity index (χ0n) is 28.1. The lowest BCUT2D eigenvalue weighted by molar-refractivity contribution is 1.16. The second-order valence-corrected chi connectivity index (χ2v) is 13.4. The molecule has 0 spiro atoms. The first-order chi connectivity index (χ1) is 25.8. The Morgan fingerprint density at radius 3 is 1.90 bits per heavy atom. The summed E-state index contributed by atoms with van der Waals surface area (Å²) in [5, 5.41) is 7.04. The van der Waals surface area contributed by atoms with Crippen molar-refractivity contribution in [2.24, 2.45) is 0 Å². The monoisotopic (exact) mass is 662 g/mol. The van der Waals surface area contributed by atoms with Gasteiger partial charge in [-0.25, -0.2) is 9.97 Å². The predicted molar refractivity (Wildman–Crippen MR) is 216 cm³/mol. The molecule has 0 atom stereocenters. The van der Waals surface area contributed by atoms with E-state index >= 15 is 0 Å². The van der Waals surface area contributed by atoms with Gasteiger partial charge in [-0.15, -0.1) is 0 Å². The van der Waals surface area contributed by atoms with Gasteiger partial charge < -0.3 is 8.97 Å². The summed E-state index contributed by atoms with van der Waals surface area (Å²) in [6, 6.07) is 62.5. The van der Waals surface area contributed by atoms with Crippen LogP contribution in [0.25, 0.3) is 99.4 Å². The van der Waals surface area contributed by atoms with Crippen molar-refractivity contribution in [1.29, 1.82) is 0 Å². The summed E-state index contributed by atoms with van der Waals surface area (Å²) < 4.78 is 4.72. The fourth-order valence-electron chi connectivity index (χ4n) is 8.23. The van der Waals surface area contributed by atoms with Crippen LogP contribution in [0.5, 0.6) is 0 Å². The fraction of sp³-hybridized carbons (Fsp3) is 0. The summed E-state index contributed by atoms with van der Waals surface area (Å²) in [6.07, 6.45) is 2.21. The molecule has 0 saturated carbocycles. The number of hydrogen-bond donors (Lipinski definition) is 0. The average Bonchev–Trinajstić information content (AvgIpc) is 3.74. The van der Waals surface area contributed by atoms with Crippen LogP contribution in [0.3, 0.4) is 0 Å². The van der Waals surface area contributed by atoms with E-state index in [9.17, 15) is 0 Å². The van der Waals surface area contributed by atoms with E-state index in [1.165, 1.54) is 38.2 Å². The molecule has 0 aliphatic rings. The quantitative estimate of drug-likeness (QED) is 0.188. The molecule has 0 aliphatic heterocycles. The van der Waals surface area contributed by atoms with E-state index < -0.39 is 0 Å². The minimum atomic E-state index is 0.711. The summed E-state index contributed by atoms with van der Waals surface area (Å²) in [5.74, 6) is 0.711. The van der Waals surface area contributed by atoms with Gasteiger partial charge in [0.15, 0.2) is 5.82 Å². The third-order valence-electron chi connectivity index (χ3n) is 10.5. The van der Waals surface area contributed by atoms with Gasteiger partial charge in [-0.1, -0.05) is 140 Å². The molecule has 11 aromatic rings. The minimum absolute atomic E-state index is 0.711. The van der Waals surface area contributed by atoms with Crippen molar-refractivity contribution < 1.29 is 0 Å². The molecule has 0 bridgehead atoms. The first-order valence-electron chi connectivity index (χ1n) is 17.7. The van der Waals surface area contributed by atoms with E-state index in [-0.39, 0.29) is 0 Å². The summed E-state index contributed by atoms with van der Waals surface area (Å²) in [5.41, 5.74) is 12.0. The molecule has 11 rings (SSSR count). The summed E-state index contributed by atoms with van der Waals surface area (Å²) in [7, 11) is 0. The van der Waals surface area contributed by atoms with Crippen LogP contribution >= 0.6 is 0 Å². The molecule has 52 heavy (non-hydrogen) atoms. The van der Waals surface area contributed by atoms with Crippen molar-refractivity contribution in [2.45, 2.75) is 0 Å². The minimum Gasteiger partial charge on any atom is -0.314 e. The maximum Gasteiger partial charge on any atom is 0.163 e. The lowest BCUT2D eigenvalue weighted by Crippen LogP contribution is -1.98. The van der Waals surface area contributed by atoms with Crippen LogP contribution < -0.4 is 0 Å². The molecule has 4 heteroatoms. The molecular formula is C48H30N4. The molecule has 0 fully saturated rings. The van der Waals surface area contributed by atoms with Crippen molar-refractivity contribution in [2.75, 3.05) is 0 Å². The highest BCUT2D eigenvalue weighted by atomic mass is 15.0. The van der Waals surface area contributed by atoms with Gasteiger partial charge in [0, 0.05) is 39.0 Å². The van der Waals surface area contributed by atoms with Crippen LogP contribution in [0.1, 0.15) is 0 Å². The maximum absolute atomic E-state index is 5.50. The van der Waals surface area contributed by atoms with Crippen molar-refractivity contribution in [3.63, 3.8) is 0 Å². The topological polar surface area (TPSA) is 35.1 Å². The number of aromatic nitrogens is 4.